The van der Waals surface area contributed by atoms with Crippen LogP contribution in [0.25, 0.3) is 0 Å². The van der Waals surface area contributed by atoms with Crippen LogP contribution in [-0.2, 0) is 6.54 Å². The van der Waals surface area contributed by atoms with Gasteiger partial charge in [0.25, 0.3) is 5.91 Å². The molecule has 0 spiro atoms. The van der Waals surface area contributed by atoms with Crippen molar-refractivity contribution >= 4 is 21.8 Å². The first kappa shape index (κ1) is 13.6. The number of hydrogen-bond donors (Lipinski definition) is 1. The molecular formula is C13H19BrN2O2. The van der Waals surface area contributed by atoms with Crippen molar-refractivity contribution in [2.24, 2.45) is 5.92 Å². The molecule has 1 aliphatic rings. The lowest BCUT2D eigenvalue weighted by molar-refractivity contribution is 0.0263. The fraction of sp³-hybridized carbons (Fsp3) is 0.615. The predicted octanol–water partition coefficient (Wildman–Crippen LogP) is 2.11. The third-order valence-corrected chi connectivity index (χ3v) is 3.95. The highest BCUT2D eigenvalue weighted by atomic mass is 79.9. The average molecular weight is 315 g/mol. The molecular weight excluding hydrogens is 296 g/mol. The second-order valence-corrected chi connectivity index (χ2v) is 5.92. The van der Waals surface area contributed by atoms with E-state index in [0.29, 0.717) is 11.6 Å². The van der Waals surface area contributed by atoms with E-state index in [0.717, 1.165) is 30.4 Å². The normalized spacial score (nSPS) is 22.7. The Bertz CT molecular complexity index is 438. The van der Waals surface area contributed by atoms with Gasteiger partial charge in [-0.05, 0) is 47.7 Å². The Hall–Kier alpha value is -0.810. The number of aliphatic hydroxyl groups excluding tert-OH is 1. The number of aromatic nitrogens is 1. The Morgan fingerprint density at radius 2 is 2.28 bits per heavy atom. The maximum atomic E-state index is 12.3. The minimum absolute atomic E-state index is 0.0453. The van der Waals surface area contributed by atoms with Crippen molar-refractivity contribution in [2.75, 3.05) is 13.6 Å². The van der Waals surface area contributed by atoms with Crippen molar-refractivity contribution in [2.45, 2.75) is 32.4 Å². The molecule has 1 amide bonds. The van der Waals surface area contributed by atoms with Crippen LogP contribution in [0, 0.1) is 5.92 Å². The summed E-state index contributed by atoms with van der Waals surface area (Å²) in [5, 5.41) is 9.26. The van der Waals surface area contributed by atoms with Gasteiger partial charge in [-0.2, -0.15) is 0 Å². The molecule has 0 aromatic carbocycles. The molecule has 1 saturated carbocycles. The van der Waals surface area contributed by atoms with Crippen molar-refractivity contribution in [1.29, 1.82) is 0 Å². The number of carbonyl (C=O) groups excluding carboxylic acids is 1. The highest BCUT2D eigenvalue weighted by Gasteiger charge is 2.29. The van der Waals surface area contributed by atoms with Gasteiger partial charge in [0.1, 0.15) is 5.69 Å². The molecule has 0 radical (unpaired) electrons. The van der Waals surface area contributed by atoms with Crippen molar-refractivity contribution in [3.05, 3.63) is 22.4 Å². The van der Waals surface area contributed by atoms with E-state index in [9.17, 15) is 9.90 Å². The smallest absolute Gasteiger partial charge is 0.270 e. The standard InChI is InChI=1S/C13H19BrN2O2/c1-3-16-8-10(14)6-12(16)13(18)15(2)7-9-4-11(17)5-9/h6,8-9,11,17H,3-5,7H2,1-2H3. The quantitative estimate of drug-likeness (QED) is 0.925. The van der Waals surface area contributed by atoms with Crippen LogP contribution in [0.15, 0.2) is 16.7 Å². The largest absolute Gasteiger partial charge is 0.393 e. The lowest BCUT2D eigenvalue weighted by Gasteiger charge is -2.34. The first-order valence-corrected chi connectivity index (χ1v) is 7.09. The van der Waals surface area contributed by atoms with Gasteiger partial charge in [0, 0.05) is 30.8 Å². The molecule has 1 heterocycles. The number of carbonyl (C=O) groups is 1. The second-order valence-electron chi connectivity index (χ2n) is 5.01. The van der Waals surface area contributed by atoms with E-state index in [1.165, 1.54) is 0 Å². The van der Waals surface area contributed by atoms with Gasteiger partial charge in [-0.1, -0.05) is 0 Å². The molecule has 100 valence electrons. The summed E-state index contributed by atoms with van der Waals surface area (Å²) in [5.74, 6) is 0.492. The van der Waals surface area contributed by atoms with Gasteiger partial charge in [-0.25, -0.2) is 0 Å². The molecule has 4 nitrogen and oxygen atoms in total. The van der Waals surface area contributed by atoms with Gasteiger partial charge in [-0.3, -0.25) is 4.79 Å². The van der Waals surface area contributed by atoms with Crippen LogP contribution in [0.5, 0.6) is 0 Å². The Morgan fingerprint density at radius 3 is 2.83 bits per heavy atom. The zero-order valence-corrected chi connectivity index (χ0v) is 12.4. The summed E-state index contributed by atoms with van der Waals surface area (Å²) in [6.07, 6.45) is 3.40. The molecule has 1 fully saturated rings. The molecule has 0 bridgehead atoms. The first-order chi connectivity index (χ1) is 8.51. The number of aliphatic hydroxyl groups is 1. The summed E-state index contributed by atoms with van der Waals surface area (Å²) in [7, 11) is 1.83. The highest BCUT2D eigenvalue weighted by molar-refractivity contribution is 9.10. The molecule has 18 heavy (non-hydrogen) atoms. The molecule has 0 unspecified atom stereocenters. The molecule has 5 heteroatoms. The minimum atomic E-state index is -0.160. The minimum Gasteiger partial charge on any atom is -0.393 e. The van der Waals surface area contributed by atoms with Gasteiger partial charge in [-0.15, -0.1) is 0 Å². The first-order valence-electron chi connectivity index (χ1n) is 6.30. The third kappa shape index (κ3) is 2.78. The zero-order chi connectivity index (χ0) is 13.3. The van der Waals surface area contributed by atoms with E-state index in [2.05, 4.69) is 15.9 Å². The molecule has 2 rings (SSSR count). The Balaban J connectivity index is 2.01. The summed E-state index contributed by atoms with van der Waals surface area (Å²) >= 11 is 3.40. The maximum Gasteiger partial charge on any atom is 0.270 e. The molecule has 1 aliphatic carbocycles. The van der Waals surface area contributed by atoms with Crippen molar-refractivity contribution in [1.82, 2.24) is 9.47 Å². The Morgan fingerprint density at radius 1 is 1.61 bits per heavy atom. The fourth-order valence-corrected chi connectivity index (χ4v) is 2.89. The van der Waals surface area contributed by atoms with Gasteiger partial charge in [0.05, 0.1) is 6.10 Å². The SMILES string of the molecule is CCn1cc(Br)cc1C(=O)N(C)CC1CC(O)C1. The Labute approximate surface area is 116 Å². The highest BCUT2D eigenvalue weighted by Crippen LogP contribution is 2.28. The zero-order valence-electron chi connectivity index (χ0n) is 10.8. The van der Waals surface area contributed by atoms with Gasteiger partial charge >= 0.3 is 0 Å². The number of halogens is 1. The topological polar surface area (TPSA) is 45.5 Å². The molecule has 0 atom stereocenters. The summed E-state index contributed by atoms with van der Waals surface area (Å²) in [6, 6.07) is 1.86. The van der Waals surface area contributed by atoms with Crippen molar-refractivity contribution < 1.29 is 9.90 Å². The lowest BCUT2D eigenvalue weighted by Crippen LogP contribution is -2.40. The van der Waals surface area contributed by atoms with Crippen molar-refractivity contribution in [3.63, 3.8) is 0 Å². The average Bonchev–Trinajstić information content (AvgIpc) is 2.67. The number of hydrogen-bond acceptors (Lipinski definition) is 2. The van der Waals surface area contributed by atoms with Crippen LogP contribution >= 0.6 is 15.9 Å². The van der Waals surface area contributed by atoms with Crippen LogP contribution < -0.4 is 0 Å². The molecule has 0 saturated heterocycles. The predicted molar refractivity (Wildman–Crippen MR) is 73.5 cm³/mol. The molecule has 0 aliphatic heterocycles. The lowest BCUT2D eigenvalue weighted by atomic mass is 9.82. The van der Waals surface area contributed by atoms with E-state index < -0.39 is 0 Å². The van der Waals surface area contributed by atoms with Crippen LogP contribution in [0.2, 0.25) is 0 Å². The van der Waals surface area contributed by atoms with Gasteiger partial charge in [0.15, 0.2) is 0 Å². The number of amides is 1. The van der Waals surface area contributed by atoms with E-state index >= 15 is 0 Å². The van der Waals surface area contributed by atoms with Gasteiger partial charge < -0.3 is 14.6 Å². The van der Waals surface area contributed by atoms with Gasteiger partial charge in [0.2, 0.25) is 0 Å². The summed E-state index contributed by atoms with van der Waals surface area (Å²) in [5.41, 5.74) is 0.715. The number of aryl methyl sites for hydroxylation is 1. The molecule has 1 aromatic heterocycles. The monoisotopic (exact) mass is 314 g/mol. The third-order valence-electron chi connectivity index (χ3n) is 3.51. The van der Waals surface area contributed by atoms with Crippen LogP contribution in [0.4, 0.5) is 0 Å². The van der Waals surface area contributed by atoms with Crippen LogP contribution in [0.3, 0.4) is 0 Å². The van der Waals surface area contributed by atoms with Crippen LogP contribution in [0.1, 0.15) is 30.3 Å². The summed E-state index contributed by atoms with van der Waals surface area (Å²) < 4.78 is 2.87. The van der Waals surface area contributed by atoms with E-state index in [4.69, 9.17) is 0 Å². The van der Waals surface area contributed by atoms with E-state index in [1.54, 1.807) is 4.90 Å². The second kappa shape index (κ2) is 5.45. The molecule has 1 aromatic rings. The summed E-state index contributed by atoms with van der Waals surface area (Å²) in [4.78, 5) is 14.1. The summed E-state index contributed by atoms with van der Waals surface area (Å²) in [6.45, 7) is 3.52. The Kier molecular flexibility index (Phi) is 4.12. The number of rotatable bonds is 4. The van der Waals surface area contributed by atoms with E-state index in [1.807, 2.05) is 30.8 Å². The fourth-order valence-electron chi connectivity index (χ4n) is 2.43. The number of nitrogens with zero attached hydrogens (tertiary/aromatic N) is 2. The van der Waals surface area contributed by atoms with Crippen molar-refractivity contribution in [3.8, 4) is 0 Å². The maximum absolute atomic E-state index is 12.3. The van der Waals surface area contributed by atoms with E-state index in [-0.39, 0.29) is 12.0 Å². The molecule has 1 N–H and O–H groups in total. The van der Waals surface area contributed by atoms with Crippen LogP contribution in [-0.4, -0.2) is 40.2 Å².